The minimum atomic E-state index is -0.298. The van der Waals surface area contributed by atoms with Crippen molar-refractivity contribution in [2.24, 2.45) is 17.1 Å². The van der Waals surface area contributed by atoms with Crippen LogP contribution in [-0.2, 0) is 4.79 Å². The third kappa shape index (κ3) is 4.35. The van der Waals surface area contributed by atoms with Gasteiger partial charge in [-0.05, 0) is 44.4 Å². The summed E-state index contributed by atoms with van der Waals surface area (Å²) in [6.07, 6.45) is 9.13. The van der Waals surface area contributed by atoms with E-state index in [1.54, 1.807) is 0 Å². The largest absolute Gasteiger partial charge is 0.342 e. The zero-order chi connectivity index (χ0) is 14.8. The van der Waals surface area contributed by atoms with Crippen LogP contribution in [0.5, 0.6) is 0 Å². The van der Waals surface area contributed by atoms with Gasteiger partial charge in [0.2, 0.25) is 5.91 Å². The Morgan fingerprint density at radius 2 is 1.95 bits per heavy atom. The number of amides is 1. The number of nitrogens with zero attached hydrogens (tertiary/aromatic N) is 1. The van der Waals surface area contributed by atoms with Crippen LogP contribution < -0.4 is 5.73 Å². The number of piperidine rings is 1. The fourth-order valence-electron chi connectivity index (χ4n) is 4.30. The summed E-state index contributed by atoms with van der Waals surface area (Å²) in [5, 5.41) is 0. The predicted molar refractivity (Wildman–Crippen MR) is 90.6 cm³/mol. The van der Waals surface area contributed by atoms with E-state index < -0.39 is 0 Å². The van der Waals surface area contributed by atoms with Crippen LogP contribution >= 0.6 is 12.4 Å². The minimum Gasteiger partial charge on any atom is -0.342 e. The molecule has 4 heteroatoms. The first kappa shape index (κ1) is 18.8. The fourth-order valence-corrected chi connectivity index (χ4v) is 4.30. The van der Waals surface area contributed by atoms with Crippen LogP contribution in [-0.4, -0.2) is 29.4 Å². The van der Waals surface area contributed by atoms with Crippen molar-refractivity contribution in [3.8, 4) is 0 Å². The Bertz CT molecular complexity index is 355. The molecule has 3 atom stereocenters. The van der Waals surface area contributed by atoms with Gasteiger partial charge in [0.05, 0.1) is 5.92 Å². The highest BCUT2D eigenvalue weighted by molar-refractivity contribution is 5.85. The molecule has 3 nitrogen and oxygen atoms in total. The molecule has 1 amide bonds. The van der Waals surface area contributed by atoms with Crippen LogP contribution in [0.1, 0.15) is 72.1 Å². The van der Waals surface area contributed by atoms with Crippen molar-refractivity contribution in [1.82, 2.24) is 4.90 Å². The van der Waals surface area contributed by atoms with Crippen LogP contribution in [0.2, 0.25) is 0 Å². The molecule has 1 aliphatic carbocycles. The lowest BCUT2D eigenvalue weighted by Gasteiger charge is -2.45. The molecule has 21 heavy (non-hydrogen) atoms. The highest BCUT2D eigenvalue weighted by Crippen LogP contribution is 2.37. The van der Waals surface area contributed by atoms with Crippen molar-refractivity contribution in [1.29, 1.82) is 0 Å². The topological polar surface area (TPSA) is 46.3 Å². The van der Waals surface area contributed by atoms with Gasteiger partial charge in [0.15, 0.2) is 0 Å². The zero-order valence-corrected chi connectivity index (χ0v) is 14.8. The number of halogens is 1. The van der Waals surface area contributed by atoms with Crippen LogP contribution in [0.3, 0.4) is 0 Å². The number of carbonyl (C=O) groups excluding carboxylic acids is 1. The molecule has 1 saturated carbocycles. The Hall–Kier alpha value is -0.280. The summed E-state index contributed by atoms with van der Waals surface area (Å²) in [5.41, 5.74) is 6.43. The zero-order valence-electron chi connectivity index (χ0n) is 14.0. The van der Waals surface area contributed by atoms with E-state index in [1.165, 1.54) is 25.7 Å². The average molecular weight is 317 g/mol. The van der Waals surface area contributed by atoms with Crippen LogP contribution in [0.25, 0.3) is 0 Å². The SMILES string of the molecule is CCCC1(C)CCCN(C(=O)C2CCCCC2(C)N)C1.Cl. The molecular formula is C17H33ClN2O. The van der Waals surface area contributed by atoms with Crippen LogP contribution in [0, 0.1) is 11.3 Å². The number of carbonyl (C=O) groups is 1. The lowest BCUT2D eigenvalue weighted by molar-refractivity contribution is -0.142. The van der Waals surface area contributed by atoms with Gasteiger partial charge in [-0.2, -0.15) is 0 Å². The molecule has 2 rings (SSSR count). The highest BCUT2D eigenvalue weighted by Gasteiger charge is 2.42. The van der Waals surface area contributed by atoms with Crippen molar-refractivity contribution in [3.63, 3.8) is 0 Å². The Morgan fingerprint density at radius 1 is 1.24 bits per heavy atom. The molecule has 0 bridgehead atoms. The molecule has 1 aliphatic heterocycles. The minimum absolute atomic E-state index is 0. The molecule has 124 valence electrons. The number of hydrogen-bond acceptors (Lipinski definition) is 2. The second-order valence-electron chi connectivity index (χ2n) is 7.73. The summed E-state index contributed by atoms with van der Waals surface area (Å²) in [6, 6.07) is 0. The first-order valence-corrected chi connectivity index (χ1v) is 8.46. The van der Waals surface area contributed by atoms with Gasteiger partial charge >= 0.3 is 0 Å². The van der Waals surface area contributed by atoms with E-state index in [9.17, 15) is 4.79 Å². The Balaban J connectivity index is 0.00000220. The third-order valence-electron chi connectivity index (χ3n) is 5.50. The standard InChI is InChI=1S/C17H32N2O.ClH/c1-4-9-16(2)10-7-12-19(13-16)15(20)14-8-5-6-11-17(14,3)18;/h14H,4-13,18H2,1-3H3;1H. The number of likely N-dealkylation sites (tertiary alicyclic amines) is 1. The van der Waals surface area contributed by atoms with Gasteiger partial charge in [-0.25, -0.2) is 0 Å². The van der Waals surface area contributed by atoms with Gasteiger partial charge < -0.3 is 10.6 Å². The lowest BCUT2D eigenvalue weighted by atomic mass is 9.72. The van der Waals surface area contributed by atoms with Gasteiger partial charge in [-0.3, -0.25) is 4.79 Å². The van der Waals surface area contributed by atoms with Crippen molar-refractivity contribution in [2.45, 2.75) is 77.7 Å². The first-order chi connectivity index (χ1) is 9.38. The molecule has 2 aliphatic rings. The molecule has 0 aromatic heterocycles. The van der Waals surface area contributed by atoms with E-state index >= 15 is 0 Å². The molecule has 2 fully saturated rings. The quantitative estimate of drug-likeness (QED) is 0.862. The van der Waals surface area contributed by atoms with Gasteiger partial charge in [0.1, 0.15) is 0 Å². The van der Waals surface area contributed by atoms with Gasteiger partial charge in [-0.15, -0.1) is 12.4 Å². The molecule has 0 radical (unpaired) electrons. The van der Waals surface area contributed by atoms with Crippen molar-refractivity contribution in [3.05, 3.63) is 0 Å². The summed E-state index contributed by atoms with van der Waals surface area (Å²) in [4.78, 5) is 15.0. The molecule has 1 saturated heterocycles. The summed E-state index contributed by atoms with van der Waals surface area (Å²) in [6.45, 7) is 8.53. The number of hydrogen-bond donors (Lipinski definition) is 1. The molecule has 1 heterocycles. The van der Waals surface area contributed by atoms with E-state index in [4.69, 9.17) is 5.73 Å². The van der Waals surface area contributed by atoms with Gasteiger partial charge in [-0.1, -0.05) is 33.1 Å². The van der Waals surface area contributed by atoms with Crippen LogP contribution in [0.15, 0.2) is 0 Å². The maximum atomic E-state index is 12.9. The molecule has 3 unspecified atom stereocenters. The third-order valence-corrected chi connectivity index (χ3v) is 5.50. The molecule has 0 aromatic carbocycles. The number of rotatable bonds is 3. The molecular weight excluding hydrogens is 284 g/mol. The maximum Gasteiger partial charge on any atom is 0.227 e. The van der Waals surface area contributed by atoms with Crippen molar-refractivity contribution >= 4 is 18.3 Å². The van der Waals surface area contributed by atoms with E-state index in [-0.39, 0.29) is 23.9 Å². The van der Waals surface area contributed by atoms with Crippen molar-refractivity contribution in [2.75, 3.05) is 13.1 Å². The summed E-state index contributed by atoms with van der Waals surface area (Å²) < 4.78 is 0. The second kappa shape index (κ2) is 7.32. The molecule has 2 N–H and O–H groups in total. The lowest BCUT2D eigenvalue weighted by Crippen LogP contribution is -2.56. The summed E-state index contributed by atoms with van der Waals surface area (Å²) in [5.74, 6) is 0.372. The Kier molecular flexibility index (Phi) is 6.54. The van der Waals surface area contributed by atoms with Crippen LogP contribution in [0.4, 0.5) is 0 Å². The molecule has 0 spiro atoms. The Morgan fingerprint density at radius 3 is 2.57 bits per heavy atom. The second-order valence-corrected chi connectivity index (χ2v) is 7.73. The smallest absolute Gasteiger partial charge is 0.227 e. The van der Waals surface area contributed by atoms with E-state index in [2.05, 4.69) is 25.7 Å². The maximum absolute atomic E-state index is 12.9. The fraction of sp³-hybridized carbons (Fsp3) is 0.941. The first-order valence-electron chi connectivity index (χ1n) is 8.46. The summed E-state index contributed by atoms with van der Waals surface area (Å²) >= 11 is 0. The summed E-state index contributed by atoms with van der Waals surface area (Å²) in [7, 11) is 0. The van der Waals surface area contributed by atoms with E-state index in [0.717, 1.165) is 38.8 Å². The van der Waals surface area contributed by atoms with Crippen molar-refractivity contribution < 1.29 is 4.79 Å². The number of nitrogens with two attached hydrogens (primary N) is 1. The molecule has 0 aromatic rings. The van der Waals surface area contributed by atoms with E-state index in [1.807, 2.05) is 0 Å². The van der Waals surface area contributed by atoms with Gasteiger partial charge in [0.25, 0.3) is 0 Å². The average Bonchev–Trinajstić information content (AvgIpc) is 2.37. The normalized spacial score (nSPS) is 37.0. The predicted octanol–water partition coefficient (Wildman–Crippen LogP) is 3.74. The van der Waals surface area contributed by atoms with E-state index in [0.29, 0.717) is 11.3 Å². The highest BCUT2D eigenvalue weighted by atomic mass is 35.5. The Labute approximate surface area is 136 Å². The van der Waals surface area contributed by atoms with Gasteiger partial charge in [0, 0.05) is 18.6 Å². The monoisotopic (exact) mass is 316 g/mol.